The standard InChI is InChI=1S/C10H12N2O2S2/c1-5(2)12-7(14)4-6(13)8-9(12)11-10(15-3)16-8/h4-5,13H,1-3H3. The van der Waals surface area contributed by atoms with Crippen molar-refractivity contribution in [2.24, 2.45) is 0 Å². The van der Waals surface area contributed by atoms with Gasteiger partial charge in [0.15, 0.2) is 9.99 Å². The summed E-state index contributed by atoms with van der Waals surface area (Å²) in [6.45, 7) is 3.85. The number of nitrogens with zero attached hydrogens (tertiary/aromatic N) is 2. The molecule has 0 amide bonds. The molecular formula is C10H12N2O2S2. The molecule has 1 N–H and O–H groups in total. The Hall–Kier alpha value is -1.01. The molecule has 0 aromatic carbocycles. The van der Waals surface area contributed by atoms with Crippen molar-refractivity contribution in [3.05, 3.63) is 16.4 Å². The molecule has 0 unspecified atom stereocenters. The first kappa shape index (κ1) is 11.5. The lowest BCUT2D eigenvalue weighted by Gasteiger charge is -2.10. The van der Waals surface area contributed by atoms with Gasteiger partial charge in [-0.05, 0) is 20.1 Å². The molecule has 6 heteroatoms. The number of thiazole rings is 1. The van der Waals surface area contributed by atoms with Gasteiger partial charge in [-0.1, -0.05) is 11.8 Å². The fraction of sp³-hybridized carbons (Fsp3) is 0.400. The molecule has 86 valence electrons. The molecule has 0 saturated heterocycles. The topological polar surface area (TPSA) is 55.1 Å². The highest BCUT2D eigenvalue weighted by atomic mass is 32.2. The highest BCUT2D eigenvalue weighted by Gasteiger charge is 2.15. The van der Waals surface area contributed by atoms with Crippen LogP contribution in [0.15, 0.2) is 15.2 Å². The summed E-state index contributed by atoms with van der Waals surface area (Å²) in [5.41, 5.74) is 0.368. The Morgan fingerprint density at radius 2 is 2.25 bits per heavy atom. The average Bonchev–Trinajstić information content (AvgIpc) is 2.61. The number of pyridine rings is 1. The molecule has 0 spiro atoms. The number of aromatic hydroxyl groups is 1. The predicted octanol–water partition coefficient (Wildman–Crippen LogP) is 2.47. The van der Waals surface area contributed by atoms with Crippen LogP contribution in [0.2, 0.25) is 0 Å². The van der Waals surface area contributed by atoms with Crippen molar-refractivity contribution in [2.45, 2.75) is 24.2 Å². The maximum absolute atomic E-state index is 11.8. The highest BCUT2D eigenvalue weighted by Crippen LogP contribution is 2.33. The second-order valence-corrected chi connectivity index (χ2v) is 5.72. The minimum atomic E-state index is -0.210. The number of hydrogen-bond acceptors (Lipinski definition) is 5. The molecule has 0 atom stereocenters. The summed E-state index contributed by atoms with van der Waals surface area (Å²) in [5.74, 6) is 0.0229. The molecule has 2 aromatic heterocycles. The van der Waals surface area contributed by atoms with E-state index in [0.29, 0.717) is 10.3 Å². The van der Waals surface area contributed by atoms with Crippen LogP contribution in [-0.2, 0) is 0 Å². The second-order valence-electron chi connectivity index (χ2n) is 3.67. The van der Waals surface area contributed by atoms with Crippen LogP contribution in [0.1, 0.15) is 19.9 Å². The third-order valence-corrected chi connectivity index (χ3v) is 4.29. The van der Waals surface area contributed by atoms with E-state index < -0.39 is 0 Å². The van der Waals surface area contributed by atoms with E-state index in [4.69, 9.17) is 0 Å². The first-order valence-electron chi connectivity index (χ1n) is 4.83. The molecule has 0 radical (unpaired) electrons. The molecule has 16 heavy (non-hydrogen) atoms. The minimum absolute atomic E-state index is 0.0229. The minimum Gasteiger partial charge on any atom is -0.506 e. The summed E-state index contributed by atoms with van der Waals surface area (Å²) in [6.07, 6.45) is 1.92. The van der Waals surface area contributed by atoms with E-state index in [1.165, 1.54) is 29.2 Å². The van der Waals surface area contributed by atoms with Gasteiger partial charge in [-0.3, -0.25) is 9.36 Å². The van der Waals surface area contributed by atoms with Crippen LogP contribution in [0.4, 0.5) is 0 Å². The van der Waals surface area contributed by atoms with Gasteiger partial charge in [-0.25, -0.2) is 4.98 Å². The van der Waals surface area contributed by atoms with Crippen molar-refractivity contribution in [2.75, 3.05) is 6.26 Å². The third-order valence-electron chi connectivity index (χ3n) is 2.24. The fourth-order valence-corrected chi connectivity index (χ4v) is 3.03. The summed E-state index contributed by atoms with van der Waals surface area (Å²) in [6, 6.07) is 1.29. The van der Waals surface area contributed by atoms with Crippen LogP contribution >= 0.6 is 23.1 Å². The SMILES string of the molecule is CSc1nc2c(s1)c(O)cc(=O)n2C(C)C. The van der Waals surface area contributed by atoms with Gasteiger partial charge >= 0.3 is 0 Å². The number of fused-ring (bicyclic) bond motifs is 1. The Labute approximate surface area is 101 Å². The predicted molar refractivity (Wildman–Crippen MR) is 67.7 cm³/mol. The Balaban J connectivity index is 2.88. The van der Waals surface area contributed by atoms with Crippen molar-refractivity contribution in [1.82, 2.24) is 9.55 Å². The lowest BCUT2D eigenvalue weighted by atomic mass is 10.3. The summed E-state index contributed by atoms with van der Waals surface area (Å²) in [5, 5.41) is 9.71. The number of hydrogen-bond donors (Lipinski definition) is 1. The number of thioether (sulfide) groups is 1. The van der Waals surface area contributed by atoms with Gasteiger partial charge in [0.25, 0.3) is 5.56 Å². The maximum atomic E-state index is 11.8. The van der Waals surface area contributed by atoms with Crippen molar-refractivity contribution in [3.63, 3.8) is 0 Å². The third kappa shape index (κ3) is 1.72. The molecular weight excluding hydrogens is 244 g/mol. The van der Waals surface area contributed by atoms with Crippen molar-refractivity contribution < 1.29 is 5.11 Å². The first-order chi connectivity index (χ1) is 7.54. The molecule has 0 saturated carbocycles. The molecule has 0 fully saturated rings. The van der Waals surface area contributed by atoms with E-state index in [9.17, 15) is 9.90 Å². The zero-order chi connectivity index (χ0) is 11.9. The Morgan fingerprint density at radius 3 is 2.81 bits per heavy atom. The molecule has 0 aliphatic carbocycles. The van der Waals surface area contributed by atoms with Crippen LogP contribution in [0.25, 0.3) is 10.3 Å². The summed E-state index contributed by atoms with van der Waals surface area (Å²) < 4.78 is 3.13. The highest BCUT2D eigenvalue weighted by molar-refractivity contribution is 8.00. The molecule has 2 heterocycles. The average molecular weight is 256 g/mol. The van der Waals surface area contributed by atoms with Gasteiger partial charge in [0, 0.05) is 12.1 Å². The summed E-state index contributed by atoms with van der Waals surface area (Å²) in [7, 11) is 0. The van der Waals surface area contributed by atoms with E-state index in [2.05, 4.69) is 4.98 Å². The van der Waals surface area contributed by atoms with Crippen LogP contribution in [-0.4, -0.2) is 20.9 Å². The zero-order valence-corrected chi connectivity index (χ0v) is 10.9. The molecule has 2 aromatic rings. The van der Waals surface area contributed by atoms with Gasteiger partial charge in [-0.2, -0.15) is 0 Å². The first-order valence-corrected chi connectivity index (χ1v) is 6.87. The second kappa shape index (κ2) is 4.10. The Kier molecular flexibility index (Phi) is 2.94. The molecule has 0 aliphatic heterocycles. The summed E-state index contributed by atoms with van der Waals surface area (Å²) in [4.78, 5) is 16.1. The number of aromatic nitrogens is 2. The van der Waals surface area contributed by atoms with Crippen LogP contribution in [0.3, 0.4) is 0 Å². The van der Waals surface area contributed by atoms with Gasteiger partial charge in [0.1, 0.15) is 10.4 Å². The van der Waals surface area contributed by atoms with Gasteiger partial charge in [-0.15, -0.1) is 11.3 Å². The zero-order valence-electron chi connectivity index (χ0n) is 9.22. The molecule has 4 nitrogen and oxygen atoms in total. The monoisotopic (exact) mass is 256 g/mol. The van der Waals surface area contributed by atoms with Gasteiger partial charge in [0.2, 0.25) is 0 Å². The van der Waals surface area contributed by atoms with Crippen LogP contribution in [0, 0.1) is 0 Å². The van der Waals surface area contributed by atoms with Crippen molar-refractivity contribution in [3.8, 4) is 5.75 Å². The maximum Gasteiger partial charge on any atom is 0.256 e. The molecule has 2 rings (SSSR count). The quantitative estimate of drug-likeness (QED) is 0.839. The fourth-order valence-electron chi connectivity index (χ4n) is 1.57. The number of rotatable bonds is 2. The lowest BCUT2D eigenvalue weighted by Crippen LogP contribution is -2.21. The largest absolute Gasteiger partial charge is 0.506 e. The Bertz CT molecular complexity index is 586. The van der Waals surface area contributed by atoms with Crippen molar-refractivity contribution >= 4 is 33.4 Å². The molecule has 0 bridgehead atoms. The smallest absolute Gasteiger partial charge is 0.256 e. The molecule has 0 aliphatic rings. The van der Waals surface area contributed by atoms with Crippen LogP contribution < -0.4 is 5.56 Å². The van der Waals surface area contributed by atoms with E-state index in [0.717, 1.165) is 4.34 Å². The van der Waals surface area contributed by atoms with Crippen molar-refractivity contribution in [1.29, 1.82) is 0 Å². The normalized spacial score (nSPS) is 11.5. The van der Waals surface area contributed by atoms with Gasteiger partial charge in [0.05, 0.1) is 0 Å². The van der Waals surface area contributed by atoms with E-state index >= 15 is 0 Å². The van der Waals surface area contributed by atoms with E-state index in [1.807, 2.05) is 20.1 Å². The van der Waals surface area contributed by atoms with E-state index in [1.54, 1.807) is 4.57 Å². The van der Waals surface area contributed by atoms with Gasteiger partial charge < -0.3 is 5.11 Å². The van der Waals surface area contributed by atoms with Crippen LogP contribution in [0.5, 0.6) is 5.75 Å². The summed E-state index contributed by atoms with van der Waals surface area (Å²) >= 11 is 2.92. The lowest BCUT2D eigenvalue weighted by molar-refractivity contribution is 0.477. The van der Waals surface area contributed by atoms with E-state index in [-0.39, 0.29) is 17.4 Å². The Morgan fingerprint density at radius 1 is 1.56 bits per heavy atom.